The van der Waals surface area contributed by atoms with Crippen molar-refractivity contribution in [1.29, 1.82) is 0 Å². The molecule has 0 aliphatic carbocycles. The van der Waals surface area contributed by atoms with E-state index in [1.165, 1.54) is 6.08 Å². The van der Waals surface area contributed by atoms with Gasteiger partial charge in [0.1, 0.15) is 12.6 Å². The Bertz CT molecular complexity index is 942. The predicted molar refractivity (Wildman–Crippen MR) is 151 cm³/mol. The maximum absolute atomic E-state index is 14.6. The number of morpholine rings is 1. The van der Waals surface area contributed by atoms with Gasteiger partial charge >= 0.3 is 5.97 Å². The molecule has 8 atom stereocenters. The van der Waals surface area contributed by atoms with Gasteiger partial charge in [-0.05, 0) is 18.3 Å². The van der Waals surface area contributed by atoms with Gasteiger partial charge in [0.25, 0.3) is 0 Å². The molecule has 2 amide bonds. The molecule has 4 saturated heterocycles. The fourth-order valence-corrected chi connectivity index (χ4v) is 9.51. The molecular weight excluding hydrogens is 518 g/mol. The smallest absolute Gasteiger partial charge is 0.311 e. The number of thioether (sulfide) groups is 1. The zero-order chi connectivity index (χ0) is 28.3. The molecule has 1 spiro atoms. The Kier molecular flexibility index (Phi) is 9.83. The van der Waals surface area contributed by atoms with Gasteiger partial charge in [-0.15, -0.1) is 18.3 Å². The van der Waals surface area contributed by atoms with E-state index in [0.717, 1.165) is 25.9 Å². The minimum Gasteiger partial charge on any atom is -0.461 e. The third-order valence-electron chi connectivity index (χ3n) is 9.33. The first-order chi connectivity index (χ1) is 18.8. The highest BCUT2D eigenvalue weighted by molar-refractivity contribution is 8.02. The maximum Gasteiger partial charge on any atom is 0.311 e. The molecular formula is C29H45N3O6S. The Hall–Kier alpha value is -1.88. The Morgan fingerprint density at radius 2 is 2.03 bits per heavy atom. The van der Waals surface area contributed by atoms with Crippen molar-refractivity contribution in [1.82, 2.24) is 14.7 Å². The average molecular weight is 564 g/mol. The van der Waals surface area contributed by atoms with E-state index >= 15 is 0 Å². The van der Waals surface area contributed by atoms with Gasteiger partial charge in [0.15, 0.2) is 0 Å². The summed E-state index contributed by atoms with van der Waals surface area (Å²) in [4.78, 5) is 48.1. The zero-order valence-electron chi connectivity index (χ0n) is 23.6. The number of ether oxygens (including phenoxy) is 2. The quantitative estimate of drug-likeness (QED) is 0.268. The monoisotopic (exact) mass is 563 g/mol. The fraction of sp³-hybridized carbons (Fsp3) is 0.759. The molecule has 1 N–H and O–H groups in total. The Morgan fingerprint density at radius 1 is 1.31 bits per heavy atom. The number of rotatable bonds is 13. The van der Waals surface area contributed by atoms with Gasteiger partial charge in [0.05, 0.1) is 42.4 Å². The van der Waals surface area contributed by atoms with Crippen LogP contribution in [-0.2, 0) is 23.9 Å². The van der Waals surface area contributed by atoms with Crippen LogP contribution in [0.3, 0.4) is 0 Å². The van der Waals surface area contributed by atoms with Crippen LogP contribution in [0.2, 0.25) is 0 Å². The SMILES string of the molecule is C=CCOC(=O)[C@@H]1[C@@H]2CC(C)C3(S2)C(C(=O)N(CC=C)CCN2CCOCC2)N([C@@H](CO)[C@@H](C)CC)C(=O)[C@H]13. The lowest BCUT2D eigenvalue weighted by Gasteiger charge is -2.43. The first-order valence-electron chi connectivity index (χ1n) is 14.3. The molecule has 4 aliphatic rings. The number of hydrogen-bond donors (Lipinski definition) is 1. The molecule has 4 rings (SSSR count). The van der Waals surface area contributed by atoms with Gasteiger partial charge < -0.3 is 24.4 Å². The summed E-state index contributed by atoms with van der Waals surface area (Å²) in [6.07, 6.45) is 4.74. The van der Waals surface area contributed by atoms with Gasteiger partial charge in [0, 0.05) is 38.0 Å². The lowest BCUT2D eigenvalue weighted by atomic mass is 9.66. The topological polar surface area (TPSA) is 99.6 Å². The highest BCUT2D eigenvalue weighted by Crippen LogP contribution is 2.69. The van der Waals surface area contributed by atoms with E-state index in [-0.39, 0.29) is 42.1 Å². The van der Waals surface area contributed by atoms with Crippen molar-refractivity contribution in [3.8, 4) is 0 Å². The average Bonchev–Trinajstić information content (AvgIpc) is 3.54. The summed E-state index contributed by atoms with van der Waals surface area (Å²) < 4.78 is 10.2. The van der Waals surface area contributed by atoms with Crippen LogP contribution in [0.4, 0.5) is 0 Å². The van der Waals surface area contributed by atoms with Crippen molar-refractivity contribution in [2.24, 2.45) is 23.7 Å². The molecule has 0 aromatic carbocycles. The Morgan fingerprint density at radius 3 is 2.64 bits per heavy atom. The summed E-state index contributed by atoms with van der Waals surface area (Å²) in [5.74, 6) is -1.98. The van der Waals surface area contributed by atoms with E-state index in [0.29, 0.717) is 32.8 Å². The summed E-state index contributed by atoms with van der Waals surface area (Å²) in [6, 6.07) is -1.29. The van der Waals surface area contributed by atoms with Crippen molar-refractivity contribution in [2.45, 2.75) is 55.7 Å². The molecule has 3 unspecified atom stereocenters. The Labute approximate surface area is 236 Å². The lowest BCUT2D eigenvalue weighted by molar-refractivity contribution is -0.154. The molecule has 10 heteroatoms. The van der Waals surface area contributed by atoms with Gasteiger partial charge in [-0.1, -0.05) is 45.9 Å². The summed E-state index contributed by atoms with van der Waals surface area (Å²) >= 11 is 1.63. The highest BCUT2D eigenvalue weighted by atomic mass is 32.2. The van der Waals surface area contributed by atoms with E-state index in [9.17, 15) is 19.5 Å². The molecule has 2 bridgehead atoms. The molecule has 0 aromatic heterocycles. The standard InChI is InChI=1S/C29H45N3O6S/c1-6-9-31(11-10-30-12-15-37-16-13-30)27(35)25-29-20(5)17-22(39-29)23(28(36)38-14-7-2)24(29)26(34)32(25)21(18-33)19(4)8-3/h6-7,19-25,33H,1-2,8-18H2,3-5H3/t19-,20?,21-,22-,23+,24-,25?,29?/m0/s1. The third kappa shape index (κ3) is 5.29. The highest BCUT2D eigenvalue weighted by Gasteiger charge is 2.77. The number of carbonyl (C=O) groups is 3. The normalized spacial score (nSPS) is 33.5. The second-order valence-corrected chi connectivity index (χ2v) is 12.9. The summed E-state index contributed by atoms with van der Waals surface area (Å²) in [6.45, 7) is 18.1. The molecule has 9 nitrogen and oxygen atoms in total. The molecule has 0 aromatic rings. The van der Waals surface area contributed by atoms with Gasteiger partial charge in [-0.2, -0.15) is 0 Å². The van der Waals surface area contributed by atoms with Crippen molar-refractivity contribution < 1.29 is 29.0 Å². The van der Waals surface area contributed by atoms with Crippen molar-refractivity contribution in [3.05, 3.63) is 25.3 Å². The lowest BCUT2D eigenvalue weighted by Crippen LogP contribution is -2.60. The largest absolute Gasteiger partial charge is 0.461 e. The van der Waals surface area contributed by atoms with Crippen molar-refractivity contribution in [2.75, 3.05) is 59.2 Å². The van der Waals surface area contributed by atoms with Gasteiger partial charge in [-0.25, -0.2) is 0 Å². The first-order valence-corrected chi connectivity index (χ1v) is 15.2. The van der Waals surface area contributed by atoms with Crippen LogP contribution in [0.25, 0.3) is 0 Å². The summed E-state index contributed by atoms with van der Waals surface area (Å²) in [7, 11) is 0. The zero-order valence-corrected chi connectivity index (χ0v) is 24.4. The molecule has 218 valence electrons. The van der Waals surface area contributed by atoms with Gasteiger partial charge in [-0.3, -0.25) is 19.3 Å². The fourth-order valence-electron chi connectivity index (χ4n) is 7.12. The number of amides is 2. The second kappa shape index (κ2) is 12.7. The van der Waals surface area contributed by atoms with E-state index in [1.807, 2.05) is 13.8 Å². The van der Waals surface area contributed by atoms with Crippen molar-refractivity contribution in [3.63, 3.8) is 0 Å². The number of fused-ring (bicyclic) bond motifs is 1. The van der Waals surface area contributed by atoms with Crippen LogP contribution in [0.1, 0.15) is 33.6 Å². The second-order valence-electron chi connectivity index (χ2n) is 11.4. The van der Waals surface area contributed by atoms with Gasteiger partial charge in [0.2, 0.25) is 11.8 Å². The third-order valence-corrected chi connectivity index (χ3v) is 11.4. The number of hydrogen-bond acceptors (Lipinski definition) is 8. The van der Waals surface area contributed by atoms with E-state index in [2.05, 4.69) is 25.0 Å². The summed E-state index contributed by atoms with van der Waals surface area (Å²) in [5, 5.41) is 10.5. The molecule has 4 aliphatic heterocycles. The minimum absolute atomic E-state index is 0.0191. The summed E-state index contributed by atoms with van der Waals surface area (Å²) in [5.41, 5.74) is 0. The van der Waals surface area contributed by atoms with Crippen molar-refractivity contribution >= 4 is 29.5 Å². The number of likely N-dealkylation sites (tertiary alicyclic amines) is 1. The molecule has 4 heterocycles. The van der Waals surface area contributed by atoms with E-state index in [4.69, 9.17) is 9.47 Å². The number of nitrogens with zero attached hydrogens (tertiary/aromatic N) is 3. The molecule has 4 fully saturated rings. The van der Waals surface area contributed by atoms with E-state index < -0.39 is 34.6 Å². The molecule has 39 heavy (non-hydrogen) atoms. The predicted octanol–water partition coefficient (Wildman–Crippen LogP) is 1.81. The van der Waals surface area contributed by atoms with Crippen LogP contribution in [0.5, 0.6) is 0 Å². The first kappa shape index (κ1) is 30.1. The maximum atomic E-state index is 14.6. The number of esters is 1. The number of carbonyl (C=O) groups excluding carboxylic acids is 3. The van der Waals surface area contributed by atoms with E-state index in [1.54, 1.807) is 27.6 Å². The van der Waals surface area contributed by atoms with Crippen LogP contribution < -0.4 is 0 Å². The molecule has 0 radical (unpaired) electrons. The van der Waals surface area contributed by atoms with Crippen LogP contribution in [0, 0.1) is 23.7 Å². The van der Waals surface area contributed by atoms with Crippen LogP contribution >= 0.6 is 11.8 Å². The molecule has 0 saturated carbocycles. The number of aliphatic hydroxyl groups is 1. The van der Waals surface area contributed by atoms with Crippen LogP contribution in [-0.4, -0.2) is 119 Å². The Balaban J connectivity index is 1.73. The number of aliphatic hydroxyl groups excluding tert-OH is 1. The minimum atomic E-state index is -0.770. The van der Waals surface area contributed by atoms with Crippen LogP contribution in [0.15, 0.2) is 25.3 Å².